The summed E-state index contributed by atoms with van der Waals surface area (Å²) in [7, 11) is 0. The van der Waals surface area contributed by atoms with Crippen molar-refractivity contribution in [1.29, 1.82) is 0 Å². The Balaban J connectivity index is 1.02. The Bertz CT molecular complexity index is 2460. The van der Waals surface area contributed by atoms with Crippen molar-refractivity contribution in [3.8, 4) is 0 Å². The van der Waals surface area contributed by atoms with E-state index in [1.807, 2.05) is 12.1 Å². The lowest BCUT2D eigenvalue weighted by atomic mass is 9.88. The van der Waals surface area contributed by atoms with Gasteiger partial charge in [-0.3, -0.25) is 14.6 Å². The number of nitrogens with two attached hydrogens (primary N) is 2. The van der Waals surface area contributed by atoms with Gasteiger partial charge in [-0.2, -0.15) is 46.3 Å². The Morgan fingerprint density at radius 2 is 0.984 bits per heavy atom. The summed E-state index contributed by atoms with van der Waals surface area (Å²) < 4.78 is 82.3. The number of nitrogens with one attached hydrogen (secondary N) is 2. The molecule has 0 amide bonds. The van der Waals surface area contributed by atoms with Crippen LogP contribution in [0.15, 0.2) is 73.1 Å². The topological polar surface area (TPSA) is 165 Å². The minimum atomic E-state index is -4.53. The molecule has 2 aromatic carbocycles. The Morgan fingerprint density at radius 3 is 1.34 bits per heavy atom. The number of nitrogen functional groups attached to an aromatic ring is 2. The van der Waals surface area contributed by atoms with E-state index in [0.29, 0.717) is 73.3 Å². The fourth-order valence-corrected chi connectivity index (χ4v) is 9.92. The molecule has 6 aromatic rings. The number of nitrogens with zero attached hydrogens (tertiary/aromatic N) is 8. The van der Waals surface area contributed by atoms with Gasteiger partial charge in [-0.05, 0) is 86.1 Å². The van der Waals surface area contributed by atoms with Gasteiger partial charge in [0.25, 0.3) is 0 Å². The Labute approximate surface area is 351 Å². The molecule has 6 N–H and O–H groups in total. The van der Waals surface area contributed by atoms with Gasteiger partial charge in [0.1, 0.15) is 22.9 Å². The number of halogens is 6. The molecule has 62 heavy (non-hydrogen) atoms. The van der Waals surface area contributed by atoms with Crippen molar-refractivity contribution in [3.05, 3.63) is 95.3 Å². The third kappa shape index (κ3) is 7.33. The highest BCUT2D eigenvalue weighted by molar-refractivity contribution is 5.91. The van der Waals surface area contributed by atoms with E-state index in [9.17, 15) is 26.3 Å². The summed E-state index contributed by atoms with van der Waals surface area (Å²) in [6.45, 7) is 2.92. The molecule has 0 radical (unpaired) electrons. The summed E-state index contributed by atoms with van der Waals surface area (Å²) in [5, 5.41) is 1.63. The molecule has 2 saturated heterocycles. The molecule has 19 heteroatoms. The van der Waals surface area contributed by atoms with E-state index in [0.717, 1.165) is 60.7 Å². The standard InChI is InChI=1S/C43H44F6N12O/c44-42(45,46)27-5-1-25(2-6-27)21-31(60-19-17-58(23-40(60)11-12-40)36-29-9-15-52-34(29)54-38(50)56-36)33(62)32(22-26-3-7-28(8-4-26)43(47,48)49)61-20-18-59(24-41(61)13-14-41)37-30-10-16-53-35(30)55-39(51)57-37/h1-10,15-16,31-32H,11-14,17-24H2,(H3,50,52,54,56)(H3,51,53,55,57). The van der Waals surface area contributed by atoms with Gasteiger partial charge < -0.3 is 31.2 Å². The van der Waals surface area contributed by atoms with Crippen molar-refractivity contribution in [2.45, 2.75) is 74.0 Å². The van der Waals surface area contributed by atoms with Gasteiger partial charge in [-0.15, -0.1) is 0 Å². The van der Waals surface area contributed by atoms with Gasteiger partial charge in [0.15, 0.2) is 5.78 Å². The number of ketones is 1. The monoisotopic (exact) mass is 858 g/mol. The van der Waals surface area contributed by atoms with Crippen molar-refractivity contribution in [1.82, 2.24) is 39.7 Å². The average Bonchev–Trinajstić information content (AvgIpc) is 4.05. The van der Waals surface area contributed by atoms with Gasteiger partial charge in [0.05, 0.1) is 34.0 Å². The zero-order valence-corrected chi connectivity index (χ0v) is 33.5. The first-order valence-corrected chi connectivity index (χ1v) is 20.7. The molecule has 6 heterocycles. The van der Waals surface area contributed by atoms with Gasteiger partial charge in [0, 0.05) is 62.7 Å². The lowest BCUT2D eigenvalue weighted by molar-refractivity contribution is -0.138. The number of H-pyrrole nitrogens is 2. The number of benzene rings is 2. The van der Waals surface area contributed by atoms with Crippen LogP contribution in [0.1, 0.15) is 47.9 Å². The molecule has 324 valence electrons. The molecule has 4 fully saturated rings. The summed E-state index contributed by atoms with van der Waals surface area (Å²) in [6, 6.07) is 12.2. The molecule has 0 bridgehead atoms. The largest absolute Gasteiger partial charge is 0.416 e. The predicted molar refractivity (Wildman–Crippen MR) is 221 cm³/mol. The fourth-order valence-electron chi connectivity index (χ4n) is 9.92. The molecule has 4 aliphatic rings. The summed E-state index contributed by atoms with van der Waals surface area (Å²) in [5.41, 5.74) is 12.2. The minimum absolute atomic E-state index is 0.122. The van der Waals surface area contributed by atoms with Crippen LogP contribution < -0.4 is 21.3 Å². The molecular weight excluding hydrogens is 815 g/mol. The molecule has 13 nitrogen and oxygen atoms in total. The van der Waals surface area contributed by atoms with Crippen LogP contribution in [0.5, 0.6) is 0 Å². The van der Waals surface area contributed by atoms with Crippen molar-refractivity contribution in [2.24, 2.45) is 0 Å². The van der Waals surface area contributed by atoms with Crippen LogP contribution in [-0.2, 0) is 30.0 Å². The summed E-state index contributed by atoms with van der Waals surface area (Å²) >= 11 is 0. The van der Waals surface area contributed by atoms with Crippen LogP contribution >= 0.6 is 0 Å². The molecule has 2 spiro atoms. The molecule has 2 aliphatic heterocycles. The van der Waals surface area contributed by atoms with E-state index >= 15 is 4.79 Å². The first-order valence-electron chi connectivity index (χ1n) is 20.7. The van der Waals surface area contributed by atoms with Crippen LogP contribution in [-0.4, -0.2) is 108 Å². The van der Waals surface area contributed by atoms with E-state index in [1.54, 1.807) is 12.4 Å². The first kappa shape index (κ1) is 40.1. The van der Waals surface area contributed by atoms with E-state index in [-0.39, 0.29) is 30.5 Å². The molecule has 2 saturated carbocycles. The lowest BCUT2D eigenvalue weighted by Gasteiger charge is -2.49. The number of aromatic amines is 2. The highest BCUT2D eigenvalue weighted by Gasteiger charge is 2.58. The van der Waals surface area contributed by atoms with E-state index < -0.39 is 46.6 Å². The highest BCUT2D eigenvalue weighted by atomic mass is 19.4. The van der Waals surface area contributed by atoms with Crippen LogP contribution in [0.2, 0.25) is 0 Å². The average molecular weight is 859 g/mol. The van der Waals surface area contributed by atoms with Crippen LogP contribution in [0.3, 0.4) is 0 Å². The molecule has 2 atom stereocenters. The molecule has 10 rings (SSSR count). The van der Waals surface area contributed by atoms with Gasteiger partial charge in [-0.1, -0.05) is 24.3 Å². The van der Waals surface area contributed by atoms with Crippen LogP contribution in [0.25, 0.3) is 22.1 Å². The summed E-state index contributed by atoms with van der Waals surface area (Å²) in [6.07, 6.45) is -2.12. The number of carbonyl (C=O) groups excluding carboxylic acids is 1. The minimum Gasteiger partial charge on any atom is -0.368 e. The maximum absolute atomic E-state index is 15.9. The van der Waals surface area contributed by atoms with Gasteiger partial charge in [0.2, 0.25) is 11.9 Å². The molecule has 4 aromatic heterocycles. The molecular formula is C43H44F6N12O. The third-order valence-corrected chi connectivity index (χ3v) is 13.3. The Hall–Kier alpha value is -5.95. The smallest absolute Gasteiger partial charge is 0.368 e. The highest BCUT2D eigenvalue weighted by Crippen LogP contribution is 2.50. The van der Waals surface area contributed by atoms with E-state index in [4.69, 9.17) is 11.5 Å². The number of piperazine rings is 2. The predicted octanol–water partition coefficient (Wildman–Crippen LogP) is 6.23. The number of anilines is 4. The normalized spacial score (nSPS) is 20.0. The Morgan fingerprint density at radius 1 is 0.597 bits per heavy atom. The van der Waals surface area contributed by atoms with Crippen molar-refractivity contribution >= 4 is 51.4 Å². The Kier molecular flexibility index (Phi) is 9.44. The number of carbonyl (C=O) groups is 1. The second kappa shape index (κ2) is 14.6. The number of hydrogen-bond donors (Lipinski definition) is 4. The first-order chi connectivity index (χ1) is 29.6. The van der Waals surface area contributed by atoms with Gasteiger partial charge >= 0.3 is 12.4 Å². The number of hydrogen-bond acceptors (Lipinski definition) is 11. The summed E-state index contributed by atoms with van der Waals surface area (Å²) in [5.74, 6) is 1.49. The molecule has 2 unspecified atom stereocenters. The number of alkyl halides is 6. The SMILES string of the molecule is Nc1nc(N2CCN(C(Cc3ccc(C(F)(F)F)cc3)C(=O)C(Cc3ccc(C(F)(F)F)cc3)N3CCN(c4nc(N)nc5[nH]ccc45)CC34CC4)C3(CC3)C2)c2cc[nH]c2n1. The third-order valence-electron chi connectivity index (χ3n) is 13.3. The van der Waals surface area contributed by atoms with E-state index in [2.05, 4.69) is 49.5 Å². The second-order valence-corrected chi connectivity index (χ2v) is 17.2. The van der Waals surface area contributed by atoms with Crippen LogP contribution in [0.4, 0.5) is 49.9 Å². The summed E-state index contributed by atoms with van der Waals surface area (Å²) in [4.78, 5) is 48.8. The van der Waals surface area contributed by atoms with Crippen molar-refractivity contribution in [2.75, 3.05) is 60.5 Å². The zero-order chi connectivity index (χ0) is 43.2. The quantitative estimate of drug-likeness (QED) is 0.116. The number of aromatic nitrogens is 6. The second-order valence-electron chi connectivity index (χ2n) is 17.2. The van der Waals surface area contributed by atoms with Crippen molar-refractivity contribution < 1.29 is 31.1 Å². The lowest BCUT2D eigenvalue weighted by Crippen LogP contribution is -2.66. The van der Waals surface area contributed by atoms with E-state index in [1.165, 1.54) is 24.3 Å². The fraction of sp³-hybridized carbons (Fsp3) is 0.419. The van der Waals surface area contributed by atoms with Crippen LogP contribution in [0, 0.1) is 0 Å². The maximum atomic E-state index is 15.9. The molecule has 2 aliphatic carbocycles. The van der Waals surface area contributed by atoms with Gasteiger partial charge in [-0.25, -0.2) is 0 Å². The number of rotatable bonds is 10. The van der Waals surface area contributed by atoms with Crippen molar-refractivity contribution in [3.63, 3.8) is 0 Å². The zero-order valence-electron chi connectivity index (χ0n) is 33.5. The number of Topliss-reactive ketones (excluding diaryl/α,β-unsaturated/α-hetero) is 1. The maximum Gasteiger partial charge on any atom is 0.416 e. The number of fused-ring (bicyclic) bond motifs is 2.